The van der Waals surface area contributed by atoms with Crippen LogP contribution in [0.15, 0.2) is 36.5 Å². The van der Waals surface area contributed by atoms with E-state index in [0.29, 0.717) is 11.8 Å². The van der Waals surface area contributed by atoms with Gasteiger partial charge in [-0.05, 0) is 12.5 Å². The standard InChI is InChI=1S/C21H27N5O/c1-14-10-22-21(23-20(14)24(3)4)25-11-17-12-26(15(2)27)19(18(17)13-25)16-8-6-5-7-9-16/h5-10,17-19H,11-13H2,1-4H3/t17-,18-,19+/m1/s1. The predicted octanol–water partition coefficient (Wildman–Crippen LogP) is 2.51. The van der Waals surface area contributed by atoms with Crippen molar-refractivity contribution in [3.05, 3.63) is 47.7 Å². The number of hydrogen-bond acceptors (Lipinski definition) is 5. The molecule has 3 atom stereocenters. The number of carbonyl (C=O) groups is 1. The smallest absolute Gasteiger partial charge is 0.227 e. The molecule has 3 heterocycles. The summed E-state index contributed by atoms with van der Waals surface area (Å²) in [6.07, 6.45) is 1.91. The number of anilines is 2. The van der Waals surface area contributed by atoms with Crippen LogP contribution in [0.3, 0.4) is 0 Å². The highest BCUT2D eigenvalue weighted by Gasteiger charge is 2.48. The van der Waals surface area contributed by atoms with Crippen LogP contribution < -0.4 is 9.80 Å². The first-order valence-corrected chi connectivity index (χ1v) is 9.53. The van der Waals surface area contributed by atoms with Crippen molar-refractivity contribution in [3.8, 4) is 0 Å². The largest absolute Gasteiger partial charge is 0.362 e. The highest BCUT2D eigenvalue weighted by Crippen LogP contribution is 2.45. The molecule has 0 radical (unpaired) electrons. The molecule has 2 aromatic rings. The maximum atomic E-state index is 12.3. The van der Waals surface area contributed by atoms with Crippen LogP contribution in [0.25, 0.3) is 0 Å². The second-order valence-electron chi connectivity index (χ2n) is 7.93. The van der Waals surface area contributed by atoms with E-state index in [-0.39, 0.29) is 11.9 Å². The van der Waals surface area contributed by atoms with Gasteiger partial charge in [0.25, 0.3) is 0 Å². The van der Waals surface area contributed by atoms with Crippen LogP contribution in [0.2, 0.25) is 0 Å². The van der Waals surface area contributed by atoms with Crippen molar-refractivity contribution in [3.63, 3.8) is 0 Å². The first-order valence-electron chi connectivity index (χ1n) is 9.53. The Morgan fingerprint density at radius 3 is 2.56 bits per heavy atom. The summed E-state index contributed by atoms with van der Waals surface area (Å²) >= 11 is 0. The molecule has 0 bridgehead atoms. The summed E-state index contributed by atoms with van der Waals surface area (Å²) in [6.45, 7) is 6.30. The van der Waals surface area contributed by atoms with Gasteiger partial charge in [0.2, 0.25) is 11.9 Å². The molecule has 6 nitrogen and oxygen atoms in total. The van der Waals surface area contributed by atoms with Crippen molar-refractivity contribution in [2.75, 3.05) is 43.5 Å². The average Bonchev–Trinajstić information content (AvgIpc) is 3.20. The van der Waals surface area contributed by atoms with Crippen molar-refractivity contribution in [1.82, 2.24) is 14.9 Å². The third kappa shape index (κ3) is 3.13. The van der Waals surface area contributed by atoms with Gasteiger partial charge in [-0.3, -0.25) is 4.79 Å². The number of nitrogens with zero attached hydrogens (tertiary/aromatic N) is 5. The van der Waals surface area contributed by atoms with Gasteiger partial charge in [-0.25, -0.2) is 4.98 Å². The van der Waals surface area contributed by atoms with Crippen LogP contribution in [0.4, 0.5) is 11.8 Å². The minimum Gasteiger partial charge on any atom is -0.362 e. The zero-order valence-electron chi connectivity index (χ0n) is 16.5. The van der Waals surface area contributed by atoms with E-state index in [1.807, 2.05) is 43.1 Å². The SMILES string of the molecule is CC(=O)N1C[C@H]2CN(c3ncc(C)c(N(C)C)n3)C[C@H]2[C@@H]1c1ccccc1. The first kappa shape index (κ1) is 17.8. The van der Waals surface area contributed by atoms with Gasteiger partial charge in [0, 0.05) is 64.2 Å². The van der Waals surface area contributed by atoms with Gasteiger partial charge in [0.05, 0.1) is 6.04 Å². The number of aryl methyl sites for hydroxylation is 1. The number of aromatic nitrogens is 2. The van der Waals surface area contributed by atoms with Gasteiger partial charge in [-0.15, -0.1) is 0 Å². The number of fused-ring (bicyclic) bond motifs is 1. The van der Waals surface area contributed by atoms with Gasteiger partial charge in [0.15, 0.2) is 0 Å². The van der Waals surface area contributed by atoms with Crippen LogP contribution >= 0.6 is 0 Å². The molecule has 2 saturated heterocycles. The van der Waals surface area contributed by atoms with Crippen molar-refractivity contribution in [2.24, 2.45) is 11.8 Å². The van der Waals surface area contributed by atoms with Gasteiger partial charge in [0.1, 0.15) is 5.82 Å². The third-order valence-corrected chi connectivity index (χ3v) is 5.85. The quantitative estimate of drug-likeness (QED) is 0.837. The van der Waals surface area contributed by atoms with E-state index in [9.17, 15) is 4.79 Å². The number of likely N-dealkylation sites (tertiary alicyclic amines) is 1. The molecule has 0 spiro atoms. The van der Waals surface area contributed by atoms with Crippen LogP contribution in [0.5, 0.6) is 0 Å². The Balaban J connectivity index is 1.62. The van der Waals surface area contributed by atoms with Crippen molar-refractivity contribution >= 4 is 17.7 Å². The van der Waals surface area contributed by atoms with Crippen molar-refractivity contribution in [2.45, 2.75) is 19.9 Å². The van der Waals surface area contributed by atoms with E-state index in [2.05, 4.69) is 34.1 Å². The minimum atomic E-state index is 0.137. The van der Waals surface area contributed by atoms with Crippen molar-refractivity contribution in [1.29, 1.82) is 0 Å². The molecular formula is C21H27N5O. The van der Waals surface area contributed by atoms with Gasteiger partial charge >= 0.3 is 0 Å². The fourth-order valence-corrected chi connectivity index (χ4v) is 4.64. The summed E-state index contributed by atoms with van der Waals surface area (Å²) in [5, 5.41) is 0. The Morgan fingerprint density at radius 2 is 1.89 bits per heavy atom. The molecule has 1 amide bonds. The molecule has 142 valence electrons. The molecule has 0 unspecified atom stereocenters. The van der Waals surface area contributed by atoms with E-state index >= 15 is 0 Å². The van der Waals surface area contributed by atoms with Gasteiger partial charge < -0.3 is 14.7 Å². The summed E-state index contributed by atoms with van der Waals surface area (Å²) in [6, 6.07) is 10.5. The maximum Gasteiger partial charge on any atom is 0.227 e. The summed E-state index contributed by atoms with van der Waals surface area (Å²) in [7, 11) is 4.02. The molecule has 1 aromatic carbocycles. The van der Waals surface area contributed by atoms with Crippen LogP contribution in [-0.4, -0.2) is 54.5 Å². The average molecular weight is 365 g/mol. The summed E-state index contributed by atoms with van der Waals surface area (Å²) in [5.74, 6) is 2.77. The number of amides is 1. The third-order valence-electron chi connectivity index (χ3n) is 5.85. The Bertz CT molecular complexity index is 838. The Hall–Kier alpha value is -2.63. The Labute approximate surface area is 160 Å². The van der Waals surface area contributed by atoms with Crippen LogP contribution in [0.1, 0.15) is 24.1 Å². The minimum absolute atomic E-state index is 0.137. The lowest BCUT2D eigenvalue weighted by atomic mass is 9.89. The fraction of sp³-hybridized carbons (Fsp3) is 0.476. The van der Waals surface area contributed by atoms with E-state index < -0.39 is 0 Å². The number of benzene rings is 1. The number of rotatable bonds is 3. The van der Waals surface area contributed by atoms with E-state index in [0.717, 1.165) is 37.0 Å². The molecular weight excluding hydrogens is 338 g/mol. The second kappa shape index (κ2) is 6.83. The molecule has 1 aromatic heterocycles. The molecule has 2 aliphatic rings. The zero-order valence-corrected chi connectivity index (χ0v) is 16.5. The van der Waals surface area contributed by atoms with Crippen LogP contribution in [0, 0.1) is 18.8 Å². The van der Waals surface area contributed by atoms with Gasteiger partial charge in [-0.2, -0.15) is 4.98 Å². The lowest BCUT2D eigenvalue weighted by Gasteiger charge is -2.29. The Kier molecular flexibility index (Phi) is 4.50. The topological polar surface area (TPSA) is 52.6 Å². The highest BCUT2D eigenvalue weighted by molar-refractivity contribution is 5.74. The van der Waals surface area contributed by atoms with Crippen molar-refractivity contribution < 1.29 is 4.79 Å². The predicted molar refractivity (Wildman–Crippen MR) is 107 cm³/mol. The first-order chi connectivity index (χ1) is 13.0. The number of hydrogen-bond donors (Lipinski definition) is 0. The molecule has 4 rings (SSSR count). The molecule has 0 N–H and O–H groups in total. The van der Waals surface area contributed by atoms with Crippen LogP contribution in [-0.2, 0) is 4.79 Å². The number of carbonyl (C=O) groups excluding carboxylic acids is 1. The normalized spacial score (nSPS) is 24.2. The van der Waals surface area contributed by atoms with E-state index in [1.165, 1.54) is 5.56 Å². The fourth-order valence-electron chi connectivity index (χ4n) is 4.64. The monoisotopic (exact) mass is 365 g/mol. The summed E-state index contributed by atoms with van der Waals surface area (Å²) < 4.78 is 0. The lowest BCUT2D eigenvalue weighted by molar-refractivity contribution is -0.130. The lowest BCUT2D eigenvalue weighted by Crippen LogP contribution is -2.34. The molecule has 2 fully saturated rings. The Morgan fingerprint density at radius 1 is 1.15 bits per heavy atom. The highest BCUT2D eigenvalue weighted by atomic mass is 16.2. The van der Waals surface area contributed by atoms with E-state index in [1.54, 1.807) is 6.92 Å². The molecule has 27 heavy (non-hydrogen) atoms. The molecule has 2 aliphatic heterocycles. The van der Waals surface area contributed by atoms with E-state index in [4.69, 9.17) is 4.98 Å². The molecule has 6 heteroatoms. The maximum absolute atomic E-state index is 12.3. The summed E-state index contributed by atoms with van der Waals surface area (Å²) in [5.41, 5.74) is 2.30. The van der Waals surface area contributed by atoms with Gasteiger partial charge in [-0.1, -0.05) is 30.3 Å². The zero-order chi connectivity index (χ0) is 19.1. The molecule has 0 saturated carbocycles. The second-order valence-corrected chi connectivity index (χ2v) is 7.93. The summed E-state index contributed by atoms with van der Waals surface area (Å²) in [4.78, 5) is 28.0. The molecule has 0 aliphatic carbocycles.